The van der Waals surface area contributed by atoms with E-state index in [1.54, 1.807) is 24.4 Å². The third kappa shape index (κ3) is 1.88. The van der Waals surface area contributed by atoms with E-state index in [1.165, 1.54) is 10.6 Å². The van der Waals surface area contributed by atoms with Gasteiger partial charge in [0, 0.05) is 24.7 Å². The summed E-state index contributed by atoms with van der Waals surface area (Å²) in [5.74, 6) is 1.26. The molecule has 0 spiro atoms. The number of fused-ring (bicyclic) bond motifs is 2. The molecule has 0 radical (unpaired) electrons. The Morgan fingerprint density at radius 1 is 1.19 bits per heavy atom. The average molecular weight is 303 g/mol. The standard InChI is InChI=1S/C14H13N3O3S/c18-21(19,12-1-2-13-10(7-12)4-6-20-13)17-5-3-11-8-15-9-16-14(11)17/h1-2,7-9H,3-6H2. The van der Waals surface area contributed by atoms with Gasteiger partial charge < -0.3 is 4.74 Å². The third-order valence-corrected chi connectivity index (χ3v) is 5.62. The van der Waals surface area contributed by atoms with Crippen LogP contribution in [0.25, 0.3) is 0 Å². The topological polar surface area (TPSA) is 72.4 Å². The molecule has 0 N–H and O–H groups in total. The van der Waals surface area contributed by atoms with Crippen molar-refractivity contribution in [2.24, 2.45) is 0 Å². The van der Waals surface area contributed by atoms with Gasteiger partial charge in [-0.1, -0.05) is 0 Å². The number of anilines is 1. The second-order valence-corrected chi connectivity index (χ2v) is 6.93. The van der Waals surface area contributed by atoms with Crippen LogP contribution in [0.5, 0.6) is 5.75 Å². The van der Waals surface area contributed by atoms with Crippen molar-refractivity contribution < 1.29 is 13.2 Å². The Kier molecular flexibility index (Phi) is 2.65. The molecule has 6 nitrogen and oxygen atoms in total. The average Bonchev–Trinajstić information content (AvgIpc) is 3.13. The van der Waals surface area contributed by atoms with Crippen LogP contribution in [0, 0.1) is 0 Å². The number of benzene rings is 1. The molecule has 7 heteroatoms. The molecule has 2 aliphatic rings. The molecule has 0 atom stereocenters. The second-order valence-electron chi connectivity index (χ2n) is 5.07. The van der Waals surface area contributed by atoms with Crippen molar-refractivity contribution in [1.29, 1.82) is 0 Å². The predicted octanol–water partition coefficient (Wildman–Crippen LogP) is 1.16. The summed E-state index contributed by atoms with van der Waals surface area (Å²) in [6, 6.07) is 5.03. The van der Waals surface area contributed by atoms with Crippen LogP contribution < -0.4 is 9.04 Å². The Morgan fingerprint density at radius 3 is 3.00 bits per heavy atom. The van der Waals surface area contributed by atoms with Gasteiger partial charge >= 0.3 is 0 Å². The minimum atomic E-state index is -3.59. The third-order valence-electron chi connectivity index (χ3n) is 3.83. The highest BCUT2D eigenvalue weighted by molar-refractivity contribution is 7.92. The van der Waals surface area contributed by atoms with E-state index >= 15 is 0 Å². The van der Waals surface area contributed by atoms with Crippen LogP contribution in [0.3, 0.4) is 0 Å². The molecule has 0 saturated heterocycles. The van der Waals surface area contributed by atoms with Crippen molar-refractivity contribution in [1.82, 2.24) is 9.97 Å². The highest BCUT2D eigenvalue weighted by Gasteiger charge is 2.32. The number of hydrogen-bond donors (Lipinski definition) is 0. The molecule has 0 amide bonds. The lowest BCUT2D eigenvalue weighted by Crippen LogP contribution is -2.29. The van der Waals surface area contributed by atoms with E-state index in [1.807, 2.05) is 0 Å². The number of nitrogens with zero attached hydrogens (tertiary/aromatic N) is 3. The highest BCUT2D eigenvalue weighted by Crippen LogP contribution is 2.33. The van der Waals surface area contributed by atoms with Crippen LogP contribution in [-0.4, -0.2) is 31.5 Å². The maximum absolute atomic E-state index is 12.8. The predicted molar refractivity (Wildman–Crippen MR) is 75.9 cm³/mol. The van der Waals surface area contributed by atoms with E-state index < -0.39 is 10.0 Å². The van der Waals surface area contributed by atoms with Crippen LogP contribution in [0.4, 0.5) is 5.82 Å². The first-order valence-electron chi connectivity index (χ1n) is 6.73. The van der Waals surface area contributed by atoms with Crippen molar-refractivity contribution in [3.63, 3.8) is 0 Å². The number of rotatable bonds is 2. The first kappa shape index (κ1) is 12.6. The first-order valence-corrected chi connectivity index (χ1v) is 8.17. The SMILES string of the molecule is O=S(=O)(c1ccc2c(c1)CCO2)N1CCc2cncnc21. The molecular weight excluding hydrogens is 290 g/mol. The van der Waals surface area contributed by atoms with Gasteiger partial charge in [-0.3, -0.25) is 0 Å². The molecule has 0 saturated carbocycles. The molecule has 21 heavy (non-hydrogen) atoms. The van der Waals surface area contributed by atoms with Crippen molar-refractivity contribution >= 4 is 15.8 Å². The van der Waals surface area contributed by atoms with Gasteiger partial charge in [-0.05, 0) is 30.2 Å². The zero-order chi connectivity index (χ0) is 14.4. The Balaban J connectivity index is 1.78. The van der Waals surface area contributed by atoms with Crippen molar-refractivity contribution in [2.45, 2.75) is 17.7 Å². The van der Waals surface area contributed by atoms with Gasteiger partial charge in [-0.2, -0.15) is 0 Å². The molecular formula is C14H13N3O3S. The van der Waals surface area contributed by atoms with Gasteiger partial charge in [0.25, 0.3) is 10.0 Å². The number of hydrogen-bond acceptors (Lipinski definition) is 5. The molecule has 0 bridgehead atoms. The fourth-order valence-corrected chi connectivity index (χ4v) is 4.27. The molecule has 1 aromatic heterocycles. The van der Waals surface area contributed by atoms with E-state index in [4.69, 9.17) is 4.74 Å². The normalized spacial score (nSPS) is 16.5. The van der Waals surface area contributed by atoms with Crippen molar-refractivity contribution in [3.05, 3.63) is 41.9 Å². The minimum Gasteiger partial charge on any atom is -0.493 e. The molecule has 108 valence electrons. The van der Waals surface area contributed by atoms with Crippen LogP contribution in [-0.2, 0) is 22.9 Å². The number of sulfonamides is 1. The maximum Gasteiger partial charge on any atom is 0.265 e. The number of aromatic nitrogens is 2. The number of ether oxygens (including phenoxy) is 1. The first-order chi connectivity index (χ1) is 10.2. The molecule has 1 aromatic carbocycles. The molecule has 4 rings (SSSR count). The van der Waals surface area contributed by atoms with Gasteiger partial charge in [-0.15, -0.1) is 0 Å². The Hall–Kier alpha value is -2.15. The maximum atomic E-state index is 12.8. The summed E-state index contributed by atoms with van der Waals surface area (Å²) >= 11 is 0. The molecule has 2 aliphatic heterocycles. The molecule has 0 aliphatic carbocycles. The van der Waals surface area contributed by atoms with Gasteiger partial charge in [0.05, 0.1) is 11.5 Å². The fourth-order valence-electron chi connectivity index (χ4n) is 2.77. The largest absolute Gasteiger partial charge is 0.493 e. The van der Waals surface area contributed by atoms with E-state index in [9.17, 15) is 8.42 Å². The smallest absolute Gasteiger partial charge is 0.265 e. The van der Waals surface area contributed by atoms with Gasteiger partial charge in [0.1, 0.15) is 17.9 Å². The zero-order valence-corrected chi connectivity index (χ0v) is 12.0. The minimum absolute atomic E-state index is 0.290. The van der Waals surface area contributed by atoms with Crippen LogP contribution in [0.2, 0.25) is 0 Å². The summed E-state index contributed by atoms with van der Waals surface area (Å²) in [6.45, 7) is 1.02. The summed E-state index contributed by atoms with van der Waals surface area (Å²) in [5, 5.41) is 0. The lowest BCUT2D eigenvalue weighted by atomic mass is 10.2. The monoisotopic (exact) mass is 303 g/mol. The lowest BCUT2D eigenvalue weighted by Gasteiger charge is -2.18. The van der Waals surface area contributed by atoms with Crippen molar-refractivity contribution in [2.75, 3.05) is 17.5 Å². The van der Waals surface area contributed by atoms with E-state index in [-0.39, 0.29) is 0 Å². The Bertz CT molecular complexity index is 820. The Labute approximate surface area is 122 Å². The highest BCUT2D eigenvalue weighted by atomic mass is 32.2. The van der Waals surface area contributed by atoms with E-state index in [0.717, 1.165) is 23.3 Å². The zero-order valence-electron chi connectivity index (χ0n) is 11.2. The summed E-state index contributed by atoms with van der Waals surface area (Å²) in [7, 11) is -3.59. The van der Waals surface area contributed by atoms with Crippen molar-refractivity contribution in [3.8, 4) is 5.75 Å². The fraction of sp³-hybridized carbons (Fsp3) is 0.286. The molecule has 2 aromatic rings. The lowest BCUT2D eigenvalue weighted by molar-refractivity contribution is 0.356. The second kappa shape index (κ2) is 4.42. The molecule has 0 fully saturated rings. The summed E-state index contributed by atoms with van der Waals surface area (Å²) < 4.78 is 32.4. The summed E-state index contributed by atoms with van der Waals surface area (Å²) in [5.41, 5.74) is 1.81. The summed E-state index contributed by atoms with van der Waals surface area (Å²) in [4.78, 5) is 8.35. The molecule has 3 heterocycles. The van der Waals surface area contributed by atoms with E-state index in [2.05, 4.69) is 9.97 Å². The van der Waals surface area contributed by atoms with Gasteiger partial charge in [-0.25, -0.2) is 22.7 Å². The summed E-state index contributed by atoms with van der Waals surface area (Å²) in [6.07, 6.45) is 4.44. The van der Waals surface area contributed by atoms with E-state index in [0.29, 0.717) is 30.3 Å². The molecule has 0 unspecified atom stereocenters. The van der Waals surface area contributed by atoms with Gasteiger partial charge in [0.2, 0.25) is 0 Å². The quantitative estimate of drug-likeness (QED) is 0.832. The van der Waals surface area contributed by atoms with Crippen LogP contribution >= 0.6 is 0 Å². The van der Waals surface area contributed by atoms with Gasteiger partial charge in [0.15, 0.2) is 0 Å². The Morgan fingerprint density at radius 2 is 2.10 bits per heavy atom. The van der Waals surface area contributed by atoms with Crippen LogP contribution in [0.1, 0.15) is 11.1 Å². The van der Waals surface area contributed by atoms with Crippen LogP contribution in [0.15, 0.2) is 35.6 Å².